The summed E-state index contributed by atoms with van der Waals surface area (Å²) in [6.07, 6.45) is 2.32. The number of hydrogen-bond donors (Lipinski definition) is 3. The fourth-order valence-corrected chi connectivity index (χ4v) is 4.01. The SMILES string of the molecule is NCC(NC(=O)c1ccccc1CSc1nc2ccccc2[nH]1)C1CC1. The Hall–Kier alpha value is -2.31. The van der Waals surface area contributed by atoms with Gasteiger partial charge in [-0.2, -0.15) is 0 Å². The molecule has 1 aliphatic carbocycles. The fraction of sp³-hybridized carbons (Fsp3) is 0.300. The van der Waals surface area contributed by atoms with Crippen LogP contribution >= 0.6 is 11.8 Å². The normalized spacial score (nSPS) is 15.1. The second-order valence-electron chi connectivity index (χ2n) is 6.66. The van der Waals surface area contributed by atoms with Gasteiger partial charge >= 0.3 is 0 Å². The van der Waals surface area contributed by atoms with Crippen LogP contribution in [0, 0.1) is 5.92 Å². The molecule has 0 saturated heterocycles. The maximum atomic E-state index is 12.7. The van der Waals surface area contributed by atoms with Crippen LogP contribution in [0.2, 0.25) is 0 Å². The molecule has 0 spiro atoms. The second-order valence-corrected chi connectivity index (χ2v) is 7.62. The van der Waals surface area contributed by atoms with Crippen LogP contribution in [-0.2, 0) is 5.75 Å². The summed E-state index contributed by atoms with van der Waals surface area (Å²) in [5.41, 5.74) is 9.52. The van der Waals surface area contributed by atoms with E-state index in [9.17, 15) is 4.79 Å². The Morgan fingerprint density at radius 1 is 1.23 bits per heavy atom. The summed E-state index contributed by atoms with van der Waals surface area (Å²) in [6.45, 7) is 0.492. The standard InChI is InChI=1S/C20H22N4OS/c21-11-18(13-9-10-13)22-19(25)15-6-2-1-5-14(15)12-26-20-23-16-7-3-4-8-17(16)24-20/h1-8,13,18H,9-12,21H2,(H,22,25)(H,23,24). The molecule has 4 N–H and O–H groups in total. The topological polar surface area (TPSA) is 83.8 Å². The van der Waals surface area contributed by atoms with Gasteiger partial charge in [-0.3, -0.25) is 4.79 Å². The van der Waals surface area contributed by atoms with Gasteiger partial charge in [-0.25, -0.2) is 4.98 Å². The van der Waals surface area contributed by atoms with E-state index < -0.39 is 0 Å². The quantitative estimate of drug-likeness (QED) is 0.560. The summed E-state index contributed by atoms with van der Waals surface area (Å²) in [7, 11) is 0. The van der Waals surface area contributed by atoms with Gasteiger partial charge in [0.25, 0.3) is 5.91 Å². The van der Waals surface area contributed by atoms with Crippen molar-refractivity contribution in [1.82, 2.24) is 15.3 Å². The van der Waals surface area contributed by atoms with Crippen LogP contribution in [0.1, 0.15) is 28.8 Å². The van der Waals surface area contributed by atoms with Gasteiger partial charge in [0.15, 0.2) is 5.16 Å². The third kappa shape index (κ3) is 3.76. The van der Waals surface area contributed by atoms with Crippen LogP contribution in [0.5, 0.6) is 0 Å². The predicted molar refractivity (Wildman–Crippen MR) is 105 cm³/mol. The van der Waals surface area contributed by atoms with E-state index in [-0.39, 0.29) is 11.9 Å². The monoisotopic (exact) mass is 366 g/mol. The minimum Gasteiger partial charge on any atom is -0.348 e. The van der Waals surface area contributed by atoms with Crippen molar-refractivity contribution in [2.45, 2.75) is 29.8 Å². The number of aromatic nitrogens is 2. The number of carbonyl (C=O) groups is 1. The Morgan fingerprint density at radius 3 is 2.77 bits per heavy atom. The molecule has 0 aliphatic heterocycles. The number of para-hydroxylation sites is 2. The van der Waals surface area contributed by atoms with Gasteiger partial charge in [-0.15, -0.1) is 0 Å². The number of rotatable bonds is 7. The number of H-pyrrole nitrogens is 1. The van der Waals surface area contributed by atoms with Gasteiger partial charge in [0, 0.05) is 23.9 Å². The molecule has 0 radical (unpaired) electrons. The van der Waals surface area contributed by atoms with Gasteiger partial charge in [0.2, 0.25) is 0 Å². The lowest BCUT2D eigenvalue weighted by Gasteiger charge is -2.17. The lowest BCUT2D eigenvalue weighted by atomic mass is 10.1. The molecule has 6 heteroatoms. The molecule has 1 aromatic heterocycles. The minimum absolute atomic E-state index is 0.0341. The molecular formula is C20H22N4OS. The van der Waals surface area contributed by atoms with Crippen molar-refractivity contribution in [2.24, 2.45) is 11.7 Å². The number of hydrogen-bond acceptors (Lipinski definition) is 4. The van der Waals surface area contributed by atoms with E-state index in [4.69, 9.17) is 5.73 Å². The summed E-state index contributed by atoms with van der Waals surface area (Å²) < 4.78 is 0. The second kappa shape index (κ2) is 7.51. The molecule has 5 nitrogen and oxygen atoms in total. The van der Waals surface area contributed by atoms with Crippen molar-refractivity contribution >= 4 is 28.7 Å². The Kier molecular flexibility index (Phi) is 4.95. The molecular weight excluding hydrogens is 344 g/mol. The minimum atomic E-state index is -0.0341. The molecule has 4 rings (SSSR count). The van der Waals surface area contributed by atoms with E-state index in [1.807, 2.05) is 48.5 Å². The number of fused-ring (bicyclic) bond motifs is 1. The molecule has 26 heavy (non-hydrogen) atoms. The van der Waals surface area contributed by atoms with Crippen LogP contribution in [0.3, 0.4) is 0 Å². The van der Waals surface area contributed by atoms with Crippen LogP contribution in [0.15, 0.2) is 53.7 Å². The number of nitrogens with zero attached hydrogens (tertiary/aromatic N) is 1. The first kappa shape index (κ1) is 17.1. The first-order chi connectivity index (χ1) is 12.7. The van der Waals surface area contributed by atoms with Crippen molar-refractivity contribution in [3.8, 4) is 0 Å². The van der Waals surface area contributed by atoms with Gasteiger partial charge in [0.1, 0.15) is 0 Å². The number of benzene rings is 2. The largest absolute Gasteiger partial charge is 0.348 e. The van der Waals surface area contributed by atoms with Crippen LogP contribution in [0.4, 0.5) is 0 Å². The van der Waals surface area contributed by atoms with E-state index in [1.54, 1.807) is 11.8 Å². The molecule has 0 bridgehead atoms. The zero-order valence-corrected chi connectivity index (χ0v) is 15.3. The van der Waals surface area contributed by atoms with Crippen LogP contribution < -0.4 is 11.1 Å². The van der Waals surface area contributed by atoms with Crippen molar-refractivity contribution in [2.75, 3.05) is 6.54 Å². The zero-order valence-electron chi connectivity index (χ0n) is 14.4. The molecule has 134 valence electrons. The highest BCUT2D eigenvalue weighted by Gasteiger charge is 2.31. The van der Waals surface area contributed by atoms with E-state index >= 15 is 0 Å². The number of thioether (sulfide) groups is 1. The number of carbonyl (C=O) groups excluding carboxylic acids is 1. The van der Waals surface area contributed by atoms with E-state index in [2.05, 4.69) is 15.3 Å². The molecule has 3 aromatic rings. The summed E-state index contributed by atoms with van der Waals surface area (Å²) in [5.74, 6) is 1.19. The van der Waals surface area contributed by atoms with Crippen molar-refractivity contribution in [3.05, 3.63) is 59.7 Å². The number of imidazole rings is 1. The van der Waals surface area contributed by atoms with E-state index in [1.165, 1.54) is 0 Å². The molecule has 1 fully saturated rings. The summed E-state index contributed by atoms with van der Waals surface area (Å²) in [6, 6.07) is 15.8. The maximum Gasteiger partial charge on any atom is 0.251 e. The highest BCUT2D eigenvalue weighted by molar-refractivity contribution is 7.98. The fourth-order valence-electron chi connectivity index (χ4n) is 3.13. The molecule has 2 aromatic carbocycles. The number of nitrogens with one attached hydrogen (secondary N) is 2. The van der Waals surface area contributed by atoms with Crippen molar-refractivity contribution in [3.63, 3.8) is 0 Å². The van der Waals surface area contributed by atoms with Gasteiger partial charge in [-0.1, -0.05) is 42.1 Å². The van der Waals surface area contributed by atoms with Gasteiger partial charge in [0.05, 0.1) is 11.0 Å². The van der Waals surface area contributed by atoms with E-state index in [0.29, 0.717) is 18.2 Å². The third-order valence-corrected chi connectivity index (χ3v) is 5.68. The third-order valence-electron chi connectivity index (χ3n) is 4.76. The summed E-state index contributed by atoms with van der Waals surface area (Å²) in [5, 5.41) is 3.97. The molecule has 1 unspecified atom stereocenters. The molecule has 1 atom stereocenters. The zero-order chi connectivity index (χ0) is 17.9. The highest BCUT2D eigenvalue weighted by Crippen LogP contribution is 2.32. The molecule has 1 amide bonds. The molecule has 1 aliphatic rings. The Morgan fingerprint density at radius 2 is 2.00 bits per heavy atom. The first-order valence-corrected chi connectivity index (χ1v) is 9.89. The highest BCUT2D eigenvalue weighted by atomic mass is 32.2. The lowest BCUT2D eigenvalue weighted by molar-refractivity contribution is 0.0933. The van der Waals surface area contributed by atoms with Crippen LogP contribution in [-0.4, -0.2) is 28.5 Å². The Bertz CT molecular complexity index is 886. The molecule has 1 saturated carbocycles. The Balaban J connectivity index is 1.47. The number of amides is 1. The van der Waals surface area contributed by atoms with E-state index in [0.717, 1.165) is 40.2 Å². The summed E-state index contributed by atoms with van der Waals surface area (Å²) >= 11 is 1.60. The van der Waals surface area contributed by atoms with Gasteiger partial charge < -0.3 is 16.0 Å². The van der Waals surface area contributed by atoms with Crippen LogP contribution in [0.25, 0.3) is 11.0 Å². The van der Waals surface area contributed by atoms with Gasteiger partial charge in [-0.05, 0) is 42.5 Å². The summed E-state index contributed by atoms with van der Waals surface area (Å²) in [4.78, 5) is 20.6. The average molecular weight is 366 g/mol. The smallest absolute Gasteiger partial charge is 0.251 e. The Labute approximate surface area is 156 Å². The average Bonchev–Trinajstić information content (AvgIpc) is 3.43. The molecule has 1 heterocycles. The van der Waals surface area contributed by atoms with Crippen molar-refractivity contribution in [1.29, 1.82) is 0 Å². The predicted octanol–water partition coefficient (Wildman–Crippen LogP) is 3.32. The first-order valence-electron chi connectivity index (χ1n) is 8.91. The number of nitrogens with two attached hydrogens (primary N) is 1. The lowest BCUT2D eigenvalue weighted by Crippen LogP contribution is -2.42. The maximum absolute atomic E-state index is 12.7. The van der Waals surface area contributed by atoms with Crippen molar-refractivity contribution < 1.29 is 4.79 Å². The number of aromatic amines is 1.